The topological polar surface area (TPSA) is 77.0 Å². The summed E-state index contributed by atoms with van der Waals surface area (Å²) < 4.78 is 15.0. The van der Waals surface area contributed by atoms with Crippen molar-refractivity contribution in [2.45, 2.75) is 0 Å². The predicted octanol–water partition coefficient (Wildman–Crippen LogP) is -0.754. The number of ether oxygens (including phenoxy) is 2. The molecular weight excluding hydrogens is 215 g/mol. The molecule has 0 aromatic heterocycles. The van der Waals surface area contributed by atoms with Crippen LogP contribution in [0, 0.1) is 0 Å². The van der Waals surface area contributed by atoms with Gasteiger partial charge in [0, 0.05) is 0 Å². The van der Waals surface area contributed by atoms with E-state index >= 15 is 0 Å². The van der Waals surface area contributed by atoms with E-state index in [1.54, 1.807) is 0 Å². The fourth-order valence-electron chi connectivity index (χ4n) is 1.93. The molecule has 2 heterocycles. The summed E-state index contributed by atoms with van der Waals surface area (Å²) in [6.45, 7) is 6.33. The Balaban J connectivity index is 1.96. The molecule has 0 bridgehead atoms. The Morgan fingerprint density at radius 3 is 1.40 bits per heavy atom. The molecular formula is C8H20N4O2P+. The molecule has 0 saturated carbocycles. The van der Waals surface area contributed by atoms with Crippen LogP contribution in [0.4, 0.5) is 0 Å². The Morgan fingerprint density at radius 1 is 0.733 bits per heavy atom. The molecule has 2 aliphatic rings. The third kappa shape index (κ3) is 2.65. The maximum absolute atomic E-state index is 6.30. The van der Waals surface area contributed by atoms with Crippen molar-refractivity contribution in [2.24, 2.45) is 11.0 Å². The number of hydrogen-bond acceptors (Lipinski definition) is 6. The number of nitrogens with two attached hydrogens (primary N) is 2. The van der Waals surface area contributed by atoms with Gasteiger partial charge in [0.2, 0.25) is 0 Å². The monoisotopic (exact) mass is 235 g/mol. The van der Waals surface area contributed by atoms with Crippen LogP contribution in [-0.2, 0) is 9.47 Å². The normalized spacial score (nSPS) is 26.8. The first kappa shape index (κ1) is 11.7. The molecule has 2 saturated heterocycles. The summed E-state index contributed by atoms with van der Waals surface area (Å²) in [4.78, 5) is 0. The first-order chi connectivity index (χ1) is 7.21. The van der Waals surface area contributed by atoms with E-state index in [0.29, 0.717) is 0 Å². The van der Waals surface area contributed by atoms with Gasteiger partial charge in [-0.15, -0.1) is 9.34 Å². The maximum atomic E-state index is 6.30. The molecule has 0 radical (unpaired) electrons. The summed E-state index contributed by atoms with van der Waals surface area (Å²) in [5.74, 6) is 0. The molecule has 2 fully saturated rings. The molecule has 0 spiro atoms. The van der Waals surface area contributed by atoms with Gasteiger partial charge in [0.05, 0.1) is 52.6 Å². The first-order valence-electron chi connectivity index (χ1n) is 5.34. The van der Waals surface area contributed by atoms with Gasteiger partial charge in [-0.2, -0.15) is 11.0 Å². The Hall–Kier alpha value is 0.190. The van der Waals surface area contributed by atoms with Crippen molar-refractivity contribution in [1.82, 2.24) is 9.34 Å². The third-order valence-corrected chi connectivity index (χ3v) is 5.49. The molecule has 0 aromatic rings. The second kappa shape index (κ2) is 5.01. The standard InChI is InChI=1S/C8H20N4O2P/c9-15(10,11-1-5-13-6-2-11)12-3-7-14-8-4-12/h1-10H2/q+1. The van der Waals surface area contributed by atoms with E-state index in [1.807, 2.05) is 0 Å². The Bertz CT molecular complexity index is 185. The number of nitrogens with zero attached hydrogens (tertiary/aromatic N) is 2. The summed E-state index contributed by atoms with van der Waals surface area (Å²) in [5, 5.41) is 0. The molecule has 88 valence electrons. The van der Waals surface area contributed by atoms with Gasteiger partial charge < -0.3 is 9.47 Å². The van der Waals surface area contributed by atoms with Crippen molar-refractivity contribution in [3.8, 4) is 0 Å². The molecule has 0 unspecified atom stereocenters. The number of morpholine rings is 2. The Kier molecular flexibility index (Phi) is 3.90. The summed E-state index contributed by atoms with van der Waals surface area (Å²) in [6.07, 6.45) is 0. The molecule has 4 N–H and O–H groups in total. The van der Waals surface area contributed by atoms with E-state index in [9.17, 15) is 0 Å². The fourth-order valence-corrected chi connectivity index (χ4v) is 3.89. The minimum atomic E-state index is -2.09. The van der Waals surface area contributed by atoms with Gasteiger partial charge in [-0.3, -0.25) is 0 Å². The van der Waals surface area contributed by atoms with Gasteiger partial charge in [0.15, 0.2) is 0 Å². The zero-order valence-corrected chi connectivity index (χ0v) is 9.86. The minimum absolute atomic E-state index is 0.737. The van der Waals surface area contributed by atoms with Crippen molar-refractivity contribution in [3.63, 3.8) is 0 Å². The highest BCUT2D eigenvalue weighted by Gasteiger charge is 2.45. The largest absolute Gasteiger partial charge is 0.378 e. The third-order valence-electron chi connectivity index (χ3n) is 2.88. The van der Waals surface area contributed by atoms with Crippen molar-refractivity contribution < 1.29 is 9.47 Å². The average Bonchev–Trinajstić information content (AvgIpc) is 2.31. The van der Waals surface area contributed by atoms with Crippen LogP contribution in [0.15, 0.2) is 0 Å². The van der Waals surface area contributed by atoms with Gasteiger partial charge in [0.1, 0.15) is 0 Å². The van der Waals surface area contributed by atoms with Crippen molar-refractivity contribution >= 4 is 7.87 Å². The van der Waals surface area contributed by atoms with Crippen LogP contribution in [0.5, 0.6) is 0 Å². The van der Waals surface area contributed by atoms with Crippen LogP contribution >= 0.6 is 7.87 Å². The lowest BCUT2D eigenvalue weighted by molar-refractivity contribution is 0.0551. The van der Waals surface area contributed by atoms with E-state index in [2.05, 4.69) is 9.34 Å². The van der Waals surface area contributed by atoms with Gasteiger partial charge in [0.25, 0.3) is 7.87 Å². The van der Waals surface area contributed by atoms with Gasteiger partial charge in [-0.05, 0) is 0 Å². The minimum Gasteiger partial charge on any atom is -0.378 e. The zero-order valence-electron chi connectivity index (χ0n) is 8.97. The molecule has 7 heteroatoms. The second-order valence-corrected chi connectivity index (χ2v) is 6.36. The van der Waals surface area contributed by atoms with Crippen LogP contribution < -0.4 is 11.0 Å². The lowest BCUT2D eigenvalue weighted by Gasteiger charge is -2.38. The molecule has 15 heavy (non-hydrogen) atoms. The molecule has 0 aliphatic carbocycles. The van der Waals surface area contributed by atoms with Gasteiger partial charge in [-0.1, -0.05) is 0 Å². The molecule has 0 aromatic carbocycles. The van der Waals surface area contributed by atoms with E-state index in [0.717, 1.165) is 52.6 Å². The highest BCUT2D eigenvalue weighted by atomic mass is 31.2. The Morgan fingerprint density at radius 2 is 1.07 bits per heavy atom. The van der Waals surface area contributed by atoms with Crippen LogP contribution in [0.1, 0.15) is 0 Å². The highest BCUT2D eigenvalue weighted by molar-refractivity contribution is 7.66. The van der Waals surface area contributed by atoms with Crippen LogP contribution in [-0.4, -0.2) is 61.9 Å². The van der Waals surface area contributed by atoms with E-state index in [4.69, 9.17) is 20.5 Å². The Labute approximate surface area is 91.0 Å². The zero-order chi connectivity index (χ0) is 10.7. The lowest BCUT2D eigenvalue weighted by atomic mass is 10.5. The molecule has 6 nitrogen and oxygen atoms in total. The molecule has 0 amide bonds. The van der Waals surface area contributed by atoms with Crippen LogP contribution in [0.3, 0.4) is 0 Å². The summed E-state index contributed by atoms with van der Waals surface area (Å²) in [5.41, 5.74) is 12.6. The van der Waals surface area contributed by atoms with Crippen molar-refractivity contribution in [1.29, 1.82) is 0 Å². The van der Waals surface area contributed by atoms with Gasteiger partial charge >= 0.3 is 0 Å². The predicted molar refractivity (Wildman–Crippen MR) is 60.1 cm³/mol. The molecule has 0 atom stereocenters. The highest BCUT2D eigenvalue weighted by Crippen LogP contribution is 2.50. The van der Waals surface area contributed by atoms with Crippen LogP contribution in [0.25, 0.3) is 0 Å². The van der Waals surface area contributed by atoms with Crippen molar-refractivity contribution in [3.05, 3.63) is 0 Å². The molecule has 2 aliphatic heterocycles. The maximum Gasteiger partial charge on any atom is 0.298 e. The quantitative estimate of drug-likeness (QED) is 0.613. The summed E-state index contributed by atoms with van der Waals surface area (Å²) in [7, 11) is -2.09. The summed E-state index contributed by atoms with van der Waals surface area (Å²) >= 11 is 0. The number of rotatable bonds is 2. The first-order valence-corrected chi connectivity index (χ1v) is 7.17. The van der Waals surface area contributed by atoms with Crippen molar-refractivity contribution in [2.75, 3.05) is 52.6 Å². The van der Waals surface area contributed by atoms with E-state index < -0.39 is 7.87 Å². The second-order valence-electron chi connectivity index (χ2n) is 3.83. The molecule has 2 rings (SSSR count). The van der Waals surface area contributed by atoms with Crippen LogP contribution in [0.2, 0.25) is 0 Å². The van der Waals surface area contributed by atoms with Gasteiger partial charge in [-0.25, -0.2) is 0 Å². The van der Waals surface area contributed by atoms with E-state index in [-0.39, 0.29) is 0 Å². The smallest absolute Gasteiger partial charge is 0.298 e. The average molecular weight is 235 g/mol. The lowest BCUT2D eigenvalue weighted by Crippen LogP contribution is -2.51. The number of hydrogen-bond donors (Lipinski definition) is 2. The van der Waals surface area contributed by atoms with E-state index in [1.165, 1.54) is 0 Å². The fraction of sp³-hybridized carbons (Fsp3) is 1.00. The SMILES string of the molecule is N[P+](N)(N1CCOCC1)N1CCOCC1. The summed E-state index contributed by atoms with van der Waals surface area (Å²) in [6, 6.07) is 0.